The van der Waals surface area contributed by atoms with Crippen LogP contribution < -0.4 is 15.0 Å². The first-order valence-corrected chi connectivity index (χ1v) is 20.0. The first-order valence-electron chi connectivity index (χ1n) is 18.3. The van der Waals surface area contributed by atoms with Crippen LogP contribution in [-0.2, 0) is 21.3 Å². The van der Waals surface area contributed by atoms with Gasteiger partial charge in [-0.05, 0) is 42.3 Å². The van der Waals surface area contributed by atoms with Crippen molar-refractivity contribution in [3.63, 3.8) is 0 Å². The number of fused-ring (bicyclic) bond motifs is 1. The maximum absolute atomic E-state index is 12.8. The van der Waals surface area contributed by atoms with Crippen LogP contribution in [0.15, 0.2) is 42.6 Å². The third-order valence-electron chi connectivity index (χ3n) is 9.10. The van der Waals surface area contributed by atoms with Crippen molar-refractivity contribution in [2.75, 3.05) is 12.3 Å². The third-order valence-corrected chi connectivity index (χ3v) is 10.6. The molecule has 3 aromatic rings. The summed E-state index contributed by atoms with van der Waals surface area (Å²) in [5.74, 6) is 0.684. The number of nitrogens with one attached hydrogen (secondary N) is 1. The van der Waals surface area contributed by atoms with Crippen LogP contribution in [0.5, 0.6) is 0 Å². The van der Waals surface area contributed by atoms with Gasteiger partial charge in [-0.2, -0.15) is 4.57 Å². The number of nitrogens with zero attached hydrogens (tertiary/aromatic N) is 5. The number of carbonyl (C=O) groups is 1. The van der Waals surface area contributed by atoms with E-state index in [0.29, 0.717) is 31.6 Å². The third kappa shape index (κ3) is 15.4. The molecule has 3 N–H and O–H groups in total. The fraction of sp³-hybridized carbons (Fsp3) is 0.694. The van der Waals surface area contributed by atoms with E-state index in [-0.39, 0.29) is 18.3 Å². The Hall–Kier alpha value is -3.12. The first kappa shape index (κ1) is 39.3. The SMILES string of the molecule is CCCCCCCCCCCCCCCCC(CC(CCNS(=O)(=O)CCC[n+]1cccc2ccccc21)OC(N)=O)n1nnnc1C. The number of unbranched alkanes of at least 4 members (excludes halogenated alkanes) is 13. The van der Waals surface area contributed by atoms with Crippen molar-refractivity contribution in [1.29, 1.82) is 0 Å². The Kier molecular flexibility index (Phi) is 18.4. The van der Waals surface area contributed by atoms with E-state index >= 15 is 0 Å². The van der Waals surface area contributed by atoms with Crippen LogP contribution in [0.25, 0.3) is 10.9 Å². The molecule has 1 aromatic carbocycles. The second kappa shape index (κ2) is 22.5. The molecule has 2 aromatic heterocycles. The van der Waals surface area contributed by atoms with Gasteiger partial charge in [0.05, 0.1) is 11.8 Å². The lowest BCUT2D eigenvalue weighted by molar-refractivity contribution is -0.671. The number of para-hydroxylation sites is 1. The van der Waals surface area contributed by atoms with Crippen LogP contribution in [0.1, 0.15) is 134 Å². The number of nitrogens with two attached hydrogens (primary N) is 1. The molecule has 268 valence electrons. The molecule has 2 atom stereocenters. The smallest absolute Gasteiger partial charge is 0.404 e. The number of pyridine rings is 1. The minimum atomic E-state index is -3.52. The molecule has 0 aliphatic carbocycles. The van der Waals surface area contributed by atoms with Gasteiger partial charge in [-0.15, -0.1) is 5.10 Å². The van der Waals surface area contributed by atoms with Gasteiger partial charge in [0.2, 0.25) is 15.5 Å². The molecule has 0 saturated carbocycles. The Morgan fingerprint density at radius 3 is 2.15 bits per heavy atom. The van der Waals surface area contributed by atoms with E-state index in [1.165, 1.54) is 77.0 Å². The summed E-state index contributed by atoms with van der Waals surface area (Å²) in [6.45, 7) is 4.84. The quantitative estimate of drug-likeness (QED) is 0.0643. The van der Waals surface area contributed by atoms with E-state index in [4.69, 9.17) is 10.5 Å². The number of benzene rings is 1. The number of carbonyl (C=O) groups excluding carboxylic acids is 1. The van der Waals surface area contributed by atoms with Gasteiger partial charge in [0, 0.05) is 36.9 Å². The number of aromatic nitrogens is 5. The van der Waals surface area contributed by atoms with E-state index in [9.17, 15) is 13.2 Å². The minimum absolute atomic E-state index is 0.00383. The lowest BCUT2D eigenvalue weighted by Crippen LogP contribution is -2.37. The molecule has 1 amide bonds. The Labute approximate surface area is 288 Å². The van der Waals surface area contributed by atoms with Crippen molar-refractivity contribution in [2.45, 2.75) is 148 Å². The summed E-state index contributed by atoms with van der Waals surface area (Å²) < 4.78 is 37.6. The summed E-state index contributed by atoms with van der Waals surface area (Å²) in [6.07, 6.45) is 20.7. The molecule has 11 nitrogen and oxygen atoms in total. The van der Waals surface area contributed by atoms with E-state index < -0.39 is 22.2 Å². The van der Waals surface area contributed by atoms with Gasteiger partial charge in [-0.3, -0.25) is 0 Å². The molecule has 12 heteroatoms. The highest BCUT2D eigenvalue weighted by molar-refractivity contribution is 7.89. The number of amides is 1. The number of aryl methyl sites for hydroxylation is 2. The number of hydrogen-bond acceptors (Lipinski definition) is 7. The maximum Gasteiger partial charge on any atom is 0.404 e. The molecule has 0 fully saturated rings. The topological polar surface area (TPSA) is 146 Å². The standard InChI is InChI=1S/C36H59N7O4S/c1-3-4-5-6-7-8-9-10-11-12-13-14-15-16-23-33(43-31(2)39-40-41-43)30-34(47-36(37)44)25-26-38-48(45,46)29-20-28-42-27-19-22-32-21-17-18-24-35(32)42/h17-19,21-22,24,27,33-34,38H,3-16,20,23,25-26,28-30H2,1-2H3,(H-,37,44)/p+1. The highest BCUT2D eigenvalue weighted by Gasteiger charge is 2.24. The van der Waals surface area contributed by atoms with Crippen LogP contribution in [0.3, 0.4) is 0 Å². The Morgan fingerprint density at radius 2 is 1.52 bits per heavy atom. The highest BCUT2D eigenvalue weighted by atomic mass is 32.2. The average Bonchev–Trinajstić information content (AvgIpc) is 3.49. The number of hydrogen-bond donors (Lipinski definition) is 2. The number of primary amides is 1. The summed E-state index contributed by atoms with van der Waals surface area (Å²) >= 11 is 0. The summed E-state index contributed by atoms with van der Waals surface area (Å²) in [7, 11) is -3.52. The summed E-state index contributed by atoms with van der Waals surface area (Å²) in [6, 6.07) is 12.0. The van der Waals surface area contributed by atoms with Gasteiger partial charge in [-0.25, -0.2) is 22.6 Å². The van der Waals surface area contributed by atoms with Gasteiger partial charge in [-0.1, -0.05) is 109 Å². The average molecular weight is 687 g/mol. The zero-order valence-electron chi connectivity index (χ0n) is 29.4. The lowest BCUT2D eigenvalue weighted by atomic mass is 9.99. The normalized spacial score (nSPS) is 13.1. The Bertz CT molecular complexity index is 1430. The molecule has 0 radical (unpaired) electrons. The zero-order chi connectivity index (χ0) is 34.5. The second-order valence-electron chi connectivity index (χ2n) is 13.1. The molecule has 0 aliphatic rings. The molecule has 3 rings (SSSR count). The van der Waals surface area contributed by atoms with Gasteiger partial charge >= 0.3 is 6.09 Å². The molecule has 0 spiro atoms. The van der Waals surface area contributed by atoms with Crippen LogP contribution in [0.4, 0.5) is 4.79 Å². The molecule has 0 aliphatic heterocycles. The molecule has 48 heavy (non-hydrogen) atoms. The molecule has 2 heterocycles. The minimum Gasteiger partial charge on any atom is -0.446 e. The monoisotopic (exact) mass is 686 g/mol. The van der Waals surface area contributed by atoms with Crippen molar-refractivity contribution in [2.24, 2.45) is 5.73 Å². The van der Waals surface area contributed by atoms with Crippen LogP contribution in [0, 0.1) is 6.92 Å². The van der Waals surface area contributed by atoms with Crippen LogP contribution in [-0.4, -0.2) is 53.1 Å². The number of tetrazole rings is 1. The van der Waals surface area contributed by atoms with Crippen molar-refractivity contribution in [3.05, 3.63) is 48.4 Å². The number of sulfonamides is 1. The van der Waals surface area contributed by atoms with Gasteiger partial charge in [0.1, 0.15) is 18.5 Å². The van der Waals surface area contributed by atoms with Gasteiger partial charge in [0.25, 0.3) is 0 Å². The fourth-order valence-corrected chi connectivity index (χ4v) is 7.55. The highest BCUT2D eigenvalue weighted by Crippen LogP contribution is 2.25. The van der Waals surface area contributed by atoms with Crippen molar-refractivity contribution in [1.82, 2.24) is 24.9 Å². The number of rotatable bonds is 27. The van der Waals surface area contributed by atoms with Crippen molar-refractivity contribution >= 4 is 27.0 Å². The maximum atomic E-state index is 12.8. The van der Waals surface area contributed by atoms with E-state index in [0.717, 1.165) is 30.2 Å². The molecule has 2 unspecified atom stereocenters. The van der Waals surface area contributed by atoms with Crippen molar-refractivity contribution < 1.29 is 22.5 Å². The van der Waals surface area contributed by atoms with E-state index in [1.54, 1.807) is 4.68 Å². The summed E-state index contributed by atoms with van der Waals surface area (Å²) in [5.41, 5.74) is 6.49. The fourth-order valence-electron chi connectivity index (χ4n) is 6.47. The van der Waals surface area contributed by atoms with Gasteiger partial charge in [0.15, 0.2) is 6.20 Å². The van der Waals surface area contributed by atoms with Crippen LogP contribution >= 0.6 is 0 Å². The van der Waals surface area contributed by atoms with E-state index in [2.05, 4.69) is 31.7 Å². The molecular weight excluding hydrogens is 627 g/mol. The molecule has 0 saturated heterocycles. The second-order valence-corrected chi connectivity index (χ2v) is 15.0. The van der Waals surface area contributed by atoms with Gasteiger partial charge < -0.3 is 10.5 Å². The van der Waals surface area contributed by atoms with Crippen LogP contribution in [0.2, 0.25) is 0 Å². The summed E-state index contributed by atoms with van der Waals surface area (Å²) in [5, 5.41) is 13.2. The number of ether oxygens (including phenoxy) is 1. The predicted octanol–water partition coefficient (Wildman–Crippen LogP) is 7.09. The molecular formula is C36H60N7O4S+. The zero-order valence-corrected chi connectivity index (χ0v) is 30.2. The Morgan fingerprint density at radius 1 is 0.896 bits per heavy atom. The first-order chi connectivity index (χ1) is 23.3. The lowest BCUT2D eigenvalue weighted by Gasteiger charge is -2.24. The molecule has 0 bridgehead atoms. The predicted molar refractivity (Wildman–Crippen MR) is 191 cm³/mol. The summed E-state index contributed by atoms with van der Waals surface area (Å²) in [4.78, 5) is 11.8. The van der Waals surface area contributed by atoms with Crippen molar-refractivity contribution in [3.8, 4) is 0 Å². The van der Waals surface area contributed by atoms with E-state index in [1.807, 2.05) is 49.5 Å². The largest absolute Gasteiger partial charge is 0.446 e. The Balaban J connectivity index is 1.39.